The zero-order valence-corrected chi connectivity index (χ0v) is 14.6. The maximum atomic E-state index is 12.1. The van der Waals surface area contributed by atoms with E-state index in [1.165, 1.54) is 0 Å². The standard InChI is InChI=1S/C19H19ClN2O3/c1-12-15(6-4-7-16(12)22-19(24)13-9-10-13)21-18(23)11-25-17-8-3-2-5-14(17)20/h2-8,13H,9-11H2,1H3,(H,21,23)(H,22,24). The summed E-state index contributed by atoms with van der Waals surface area (Å²) in [4.78, 5) is 24.1. The van der Waals surface area contributed by atoms with Crippen molar-refractivity contribution in [3.05, 3.63) is 53.1 Å². The number of carbonyl (C=O) groups excluding carboxylic acids is 2. The van der Waals surface area contributed by atoms with Crippen molar-refractivity contribution in [2.75, 3.05) is 17.2 Å². The van der Waals surface area contributed by atoms with Gasteiger partial charge in [-0.05, 0) is 49.6 Å². The van der Waals surface area contributed by atoms with Gasteiger partial charge in [-0.25, -0.2) is 0 Å². The van der Waals surface area contributed by atoms with Crippen LogP contribution in [-0.4, -0.2) is 18.4 Å². The quantitative estimate of drug-likeness (QED) is 0.819. The van der Waals surface area contributed by atoms with E-state index in [1.54, 1.807) is 36.4 Å². The molecule has 2 aromatic rings. The molecule has 2 N–H and O–H groups in total. The molecule has 0 radical (unpaired) electrons. The van der Waals surface area contributed by atoms with Gasteiger partial charge in [0, 0.05) is 17.3 Å². The number of halogens is 1. The Hall–Kier alpha value is -2.53. The zero-order chi connectivity index (χ0) is 17.8. The average Bonchev–Trinajstić information content (AvgIpc) is 3.43. The third-order valence-electron chi connectivity index (χ3n) is 4.01. The molecule has 1 aliphatic carbocycles. The normalized spacial score (nSPS) is 13.2. The summed E-state index contributed by atoms with van der Waals surface area (Å²) in [6.45, 7) is 1.70. The molecule has 0 aromatic heterocycles. The minimum atomic E-state index is -0.298. The molecule has 0 bridgehead atoms. The largest absolute Gasteiger partial charge is 0.482 e. The molecular weight excluding hydrogens is 340 g/mol. The van der Waals surface area contributed by atoms with Gasteiger partial charge >= 0.3 is 0 Å². The fourth-order valence-electron chi connectivity index (χ4n) is 2.38. The smallest absolute Gasteiger partial charge is 0.262 e. The van der Waals surface area contributed by atoms with E-state index >= 15 is 0 Å². The number of rotatable bonds is 6. The van der Waals surface area contributed by atoms with Crippen molar-refractivity contribution < 1.29 is 14.3 Å². The van der Waals surface area contributed by atoms with Gasteiger partial charge in [0.2, 0.25) is 5.91 Å². The van der Waals surface area contributed by atoms with E-state index in [0.717, 1.165) is 18.4 Å². The lowest BCUT2D eigenvalue weighted by molar-refractivity contribution is -0.118. The Balaban J connectivity index is 1.61. The summed E-state index contributed by atoms with van der Waals surface area (Å²) in [6, 6.07) is 12.4. The van der Waals surface area contributed by atoms with Crippen LogP contribution in [0.3, 0.4) is 0 Å². The third-order valence-corrected chi connectivity index (χ3v) is 4.32. The molecular formula is C19H19ClN2O3. The number of ether oxygens (including phenoxy) is 1. The number of nitrogens with one attached hydrogen (secondary N) is 2. The van der Waals surface area contributed by atoms with Crippen LogP contribution in [0.5, 0.6) is 5.75 Å². The number of carbonyl (C=O) groups is 2. The van der Waals surface area contributed by atoms with E-state index in [-0.39, 0.29) is 24.3 Å². The van der Waals surface area contributed by atoms with Crippen LogP contribution in [0.2, 0.25) is 5.02 Å². The highest BCUT2D eigenvalue weighted by atomic mass is 35.5. The van der Waals surface area contributed by atoms with Crippen LogP contribution in [0.4, 0.5) is 11.4 Å². The van der Waals surface area contributed by atoms with Crippen LogP contribution in [0.25, 0.3) is 0 Å². The number of amides is 2. The monoisotopic (exact) mass is 358 g/mol. The van der Waals surface area contributed by atoms with Crippen molar-refractivity contribution in [2.24, 2.45) is 5.92 Å². The van der Waals surface area contributed by atoms with Crippen molar-refractivity contribution in [1.82, 2.24) is 0 Å². The van der Waals surface area contributed by atoms with E-state index in [4.69, 9.17) is 16.3 Å². The van der Waals surface area contributed by atoms with E-state index < -0.39 is 0 Å². The van der Waals surface area contributed by atoms with Gasteiger partial charge in [0.1, 0.15) is 5.75 Å². The van der Waals surface area contributed by atoms with Crippen molar-refractivity contribution in [2.45, 2.75) is 19.8 Å². The molecule has 5 nitrogen and oxygen atoms in total. The van der Waals surface area contributed by atoms with E-state index in [0.29, 0.717) is 22.1 Å². The fourth-order valence-corrected chi connectivity index (χ4v) is 2.57. The minimum Gasteiger partial charge on any atom is -0.482 e. The summed E-state index contributed by atoms with van der Waals surface area (Å²) in [7, 11) is 0. The average molecular weight is 359 g/mol. The topological polar surface area (TPSA) is 67.4 Å². The molecule has 0 unspecified atom stereocenters. The lowest BCUT2D eigenvalue weighted by atomic mass is 10.1. The lowest BCUT2D eigenvalue weighted by Crippen LogP contribution is -2.21. The molecule has 0 spiro atoms. The first kappa shape index (κ1) is 17.3. The van der Waals surface area contributed by atoms with Crippen LogP contribution in [0, 0.1) is 12.8 Å². The van der Waals surface area contributed by atoms with Gasteiger partial charge in [-0.3, -0.25) is 9.59 Å². The molecule has 0 heterocycles. The van der Waals surface area contributed by atoms with Crippen molar-refractivity contribution >= 4 is 34.8 Å². The first-order valence-corrected chi connectivity index (χ1v) is 8.50. The number of hydrogen-bond acceptors (Lipinski definition) is 3. The highest BCUT2D eigenvalue weighted by Crippen LogP contribution is 2.31. The SMILES string of the molecule is Cc1c(NC(=O)COc2ccccc2Cl)cccc1NC(=O)C1CC1. The number of anilines is 2. The lowest BCUT2D eigenvalue weighted by Gasteiger charge is -2.14. The summed E-state index contributed by atoms with van der Waals surface area (Å²) in [5.41, 5.74) is 2.16. The number of para-hydroxylation sites is 1. The van der Waals surface area contributed by atoms with Gasteiger partial charge in [0.05, 0.1) is 5.02 Å². The van der Waals surface area contributed by atoms with Crippen LogP contribution in [0.15, 0.2) is 42.5 Å². The Morgan fingerprint density at radius 3 is 2.44 bits per heavy atom. The Labute approximate surface area is 151 Å². The van der Waals surface area contributed by atoms with Crippen LogP contribution in [0.1, 0.15) is 18.4 Å². The molecule has 0 saturated heterocycles. The summed E-state index contributed by atoms with van der Waals surface area (Å²) >= 11 is 6.00. The summed E-state index contributed by atoms with van der Waals surface area (Å²) in [5, 5.41) is 6.17. The molecule has 2 aromatic carbocycles. The van der Waals surface area contributed by atoms with E-state index in [9.17, 15) is 9.59 Å². The zero-order valence-electron chi connectivity index (χ0n) is 13.8. The van der Waals surface area contributed by atoms with Crippen molar-refractivity contribution in [1.29, 1.82) is 0 Å². The molecule has 0 atom stereocenters. The highest BCUT2D eigenvalue weighted by molar-refractivity contribution is 6.32. The maximum absolute atomic E-state index is 12.1. The van der Waals surface area contributed by atoms with Crippen molar-refractivity contribution in [3.63, 3.8) is 0 Å². The Morgan fingerprint density at radius 1 is 1.08 bits per heavy atom. The van der Waals surface area contributed by atoms with Crippen LogP contribution < -0.4 is 15.4 Å². The Bertz CT molecular complexity index is 803. The van der Waals surface area contributed by atoms with Crippen molar-refractivity contribution in [3.8, 4) is 5.75 Å². The molecule has 0 aliphatic heterocycles. The fraction of sp³-hybridized carbons (Fsp3) is 0.263. The molecule has 3 rings (SSSR count). The first-order chi connectivity index (χ1) is 12.0. The first-order valence-electron chi connectivity index (χ1n) is 8.12. The predicted molar refractivity (Wildman–Crippen MR) is 98.1 cm³/mol. The molecule has 25 heavy (non-hydrogen) atoms. The summed E-state index contributed by atoms with van der Waals surface area (Å²) in [5.74, 6) is 0.325. The van der Waals surface area contributed by atoms with Gasteiger partial charge in [0.25, 0.3) is 5.91 Å². The third kappa shape index (κ3) is 4.51. The van der Waals surface area contributed by atoms with Gasteiger partial charge in [0.15, 0.2) is 6.61 Å². The van der Waals surface area contributed by atoms with Crippen LogP contribution >= 0.6 is 11.6 Å². The molecule has 1 fully saturated rings. The summed E-state index contributed by atoms with van der Waals surface area (Å²) < 4.78 is 5.43. The molecule has 2 amide bonds. The van der Waals surface area contributed by atoms with E-state index in [1.807, 2.05) is 13.0 Å². The number of benzene rings is 2. The van der Waals surface area contributed by atoms with Gasteiger partial charge in [-0.15, -0.1) is 0 Å². The Kier molecular flexibility index (Phi) is 5.24. The second-order valence-electron chi connectivity index (χ2n) is 6.01. The molecule has 1 aliphatic rings. The molecule has 1 saturated carbocycles. The van der Waals surface area contributed by atoms with Gasteiger partial charge < -0.3 is 15.4 Å². The van der Waals surface area contributed by atoms with Crippen LogP contribution in [-0.2, 0) is 9.59 Å². The van der Waals surface area contributed by atoms with E-state index in [2.05, 4.69) is 10.6 Å². The maximum Gasteiger partial charge on any atom is 0.262 e. The second-order valence-corrected chi connectivity index (χ2v) is 6.42. The minimum absolute atomic E-state index is 0.0358. The molecule has 6 heteroatoms. The number of hydrogen-bond donors (Lipinski definition) is 2. The molecule has 130 valence electrons. The van der Waals surface area contributed by atoms with Gasteiger partial charge in [-0.1, -0.05) is 29.8 Å². The summed E-state index contributed by atoms with van der Waals surface area (Å²) in [6.07, 6.45) is 1.89. The Morgan fingerprint density at radius 2 is 1.76 bits per heavy atom. The highest BCUT2D eigenvalue weighted by Gasteiger charge is 2.29. The second kappa shape index (κ2) is 7.57. The predicted octanol–water partition coefficient (Wildman–Crippen LogP) is 4.01. The van der Waals surface area contributed by atoms with Gasteiger partial charge in [-0.2, -0.15) is 0 Å².